The van der Waals surface area contributed by atoms with Crippen molar-refractivity contribution in [2.75, 3.05) is 0 Å². The first kappa shape index (κ1) is 43.8. The van der Waals surface area contributed by atoms with E-state index in [-0.39, 0.29) is 0 Å². The molecule has 8 aromatic carbocycles. The van der Waals surface area contributed by atoms with Crippen molar-refractivity contribution >= 4 is 0 Å². The smallest absolute Gasteiger partial charge is 0.0702 e. The molecule has 0 atom stereocenters. The van der Waals surface area contributed by atoms with Crippen LogP contribution in [0.2, 0.25) is 0 Å². The van der Waals surface area contributed by atoms with Crippen LogP contribution in [0.5, 0.6) is 0 Å². The highest BCUT2D eigenvalue weighted by Gasteiger charge is 2.18. The Labute approximate surface area is 411 Å². The summed E-state index contributed by atoms with van der Waals surface area (Å²) in [4.78, 5) is 13.9. The van der Waals surface area contributed by atoms with Crippen molar-refractivity contribution in [1.82, 2.24) is 15.0 Å². The van der Waals surface area contributed by atoms with Gasteiger partial charge in [-0.25, -0.2) is 0 Å². The molecule has 11 rings (SSSR count). The van der Waals surface area contributed by atoms with Crippen LogP contribution >= 0.6 is 0 Å². The molecule has 0 amide bonds. The van der Waals surface area contributed by atoms with Crippen LogP contribution in [0, 0.1) is 0 Å². The van der Waals surface area contributed by atoms with E-state index in [1.165, 1.54) is 66.8 Å². The third kappa shape index (κ3) is 10.1. The number of aryl methyl sites for hydroxylation is 4. The zero-order valence-corrected chi connectivity index (χ0v) is 39.0. The zero-order chi connectivity index (χ0) is 46.9. The number of aromatic nitrogens is 3. The molecule has 3 nitrogen and oxygen atoms in total. The standard InChI is InChI=1S/C67H51N3/c1-3-13-52(14-4-1)54-32-34-55(35-33-54)63-47-59(67-19-9-12-42-70-67)37-39-62(63)64-46-58(53-15-5-2-6-16-53)36-38-61(64)60-44-50(22-20-48-24-28-56(29-25-48)65-17-7-10-40-68-65)43-51(45-60)23-21-49-26-30-57(31-27-49)66-18-8-11-41-69-66/h1-19,24-47H,20-23H2. The molecule has 0 unspecified atom stereocenters. The average molecular weight is 898 g/mol. The highest BCUT2D eigenvalue weighted by Crippen LogP contribution is 2.43. The first-order valence-corrected chi connectivity index (χ1v) is 24.2. The Morgan fingerprint density at radius 2 is 0.586 bits per heavy atom. The molecular formula is C67H51N3. The molecule has 0 N–H and O–H groups in total. The molecule has 0 bridgehead atoms. The van der Waals surface area contributed by atoms with E-state index < -0.39 is 0 Å². The number of pyridine rings is 3. The van der Waals surface area contributed by atoms with Crippen LogP contribution in [0.15, 0.2) is 261 Å². The molecule has 11 aromatic rings. The van der Waals surface area contributed by atoms with Gasteiger partial charge in [0.15, 0.2) is 0 Å². The third-order valence-electron chi connectivity index (χ3n) is 13.3. The molecule has 3 heteroatoms. The number of nitrogens with zero attached hydrogens (tertiary/aromatic N) is 3. The largest absolute Gasteiger partial charge is 0.256 e. The Balaban J connectivity index is 1.01. The lowest BCUT2D eigenvalue weighted by molar-refractivity contribution is 0.931. The first-order chi connectivity index (χ1) is 34.7. The van der Waals surface area contributed by atoms with Crippen LogP contribution in [-0.4, -0.2) is 15.0 Å². The van der Waals surface area contributed by atoms with Gasteiger partial charge in [0.25, 0.3) is 0 Å². The minimum absolute atomic E-state index is 0.914. The van der Waals surface area contributed by atoms with Crippen LogP contribution in [0.4, 0.5) is 0 Å². The second-order valence-electron chi connectivity index (χ2n) is 17.9. The Morgan fingerprint density at radius 3 is 1.10 bits per heavy atom. The number of benzene rings is 8. The lowest BCUT2D eigenvalue weighted by atomic mass is 9.85. The molecule has 0 spiro atoms. The molecule has 3 heterocycles. The summed E-state index contributed by atoms with van der Waals surface area (Å²) in [7, 11) is 0. The van der Waals surface area contributed by atoms with Gasteiger partial charge in [-0.15, -0.1) is 0 Å². The van der Waals surface area contributed by atoms with Gasteiger partial charge >= 0.3 is 0 Å². The van der Waals surface area contributed by atoms with E-state index in [9.17, 15) is 0 Å². The molecule has 70 heavy (non-hydrogen) atoms. The Bertz CT molecular complexity index is 3360. The van der Waals surface area contributed by atoms with Crippen LogP contribution in [0.25, 0.3) is 89.4 Å². The predicted octanol–water partition coefficient (Wildman–Crippen LogP) is 16.8. The van der Waals surface area contributed by atoms with E-state index in [1.54, 1.807) is 0 Å². The van der Waals surface area contributed by atoms with E-state index in [4.69, 9.17) is 4.98 Å². The number of rotatable bonds is 14. The minimum atomic E-state index is 0.914. The zero-order valence-electron chi connectivity index (χ0n) is 39.0. The fraction of sp³-hybridized carbons (Fsp3) is 0.0597. The van der Waals surface area contributed by atoms with Crippen LogP contribution in [0.1, 0.15) is 22.3 Å². The average Bonchev–Trinajstić information content (AvgIpc) is 3.45. The molecule has 0 saturated carbocycles. The maximum Gasteiger partial charge on any atom is 0.0702 e. The maximum atomic E-state index is 4.79. The number of hydrogen-bond donors (Lipinski definition) is 0. The van der Waals surface area contributed by atoms with Gasteiger partial charge in [0, 0.05) is 35.3 Å². The van der Waals surface area contributed by atoms with Gasteiger partial charge in [0.05, 0.1) is 17.1 Å². The summed E-state index contributed by atoms with van der Waals surface area (Å²) in [5.41, 5.74) is 23.4. The second-order valence-corrected chi connectivity index (χ2v) is 17.9. The predicted molar refractivity (Wildman–Crippen MR) is 291 cm³/mol. The summed E-state index contributed by atoms with van der Waals surface area (Å²) in [6.45, 7) is 0. The minimum Gasteiger partial charge on any atom is -0.256 e. The lowest BCUT2D eigenvalue weighted by Gasteiger charge is -2.19. The molecule has 0 aliphatic rings. The highest BCUT2D eigenvalue weighted by atomic mass is 14.7. The summed E-state index contributed by atoms with van der Waals surface area (Å²) in [6.07, 6.45) is 9.27. The summed E-state index contributed by atoms with van der Waals surface area (Å²) in [5.74, 6) is 0. The monoisotopic (exact) mass is 897 g/mol. The van der Waals surface area contributed by atoms with Gasteiger partial charge < -0.3 is 0 Å². The summed E-state index contributed by atoms with van der Waals surface area (Å²) < 4.78 is 0. The van der Waals surface area contributed by atoms with Gasteiger partial charge in [-0.3, -0.25) is 15.0 Å². The van der Waals surface area contributed by atoms with Gasteiger partial charge in [-0.05, 0) is 152 Å². The summed E-state index contributed by atoms with van der Waals surface area (Å²) in [6, 6.07) is 87.7. The van der Waals surface area contributed by atoms with E-state index in [0.717, 1.165) is 70.6 Å². The highest BCUT2D eigenvalue weighted by molar-refractivity contribution is 5.95. The van der Waals surface area contributed by atoms with Gasteiger partial charge in [-0.2, -0.15) is 0 Å². The van der Waals surface area contributed by atoms with Crippen molar-refractivity contribution in [3.05, 3.63) is 283 Å². The maximum absolute atomic E-state index is 4.79. The van der Waals surface area contributed by atoms with Crippen molar-refractivity contribution in [3.8, 4) is 89.4 Å². The fourth-order valence-corrected chi connectivity index (χ4v) is 9.55. The Hall–Kier alpha value is -8.79. The molecular weight excluding hydrogens is 847 g/mol. The second kappa shape index (κ2) is 20.6. The van der Waals surface area contributed by atoms with E-state index in [2.05, 4.69) is 222 Å². The van der Waals surface area contributed by atoms with Crippen molar-refractivity contribution in [2.24, 2.45) is 0 Å². The van der Waals surface area contributed by atoms with E-state index in [0.29, 0.717) is 0 Å². The molecule has 3 aromatic heterocycles. The molecule has 0 saturated heterocycles. The molecule has 0 aliphatic carbocycles. The Morgan fingerprint density at radius 1 is 0.200 bits per heavy atom. The van der Waals surface area contributed by atoms with E-state index in [1.807, 2.05) is 48.9 Å². The first-order valence-electron chi connectivity index (χ1n) is 24.2. The molecule has 0 aliphatic heterocycles. The van der Waals surface area contributed by atoms with Crippen molar-refractivity contribution in [3.63, 3.8) is 0 Å². The lowest BCUT2D eigenvalue weighted by Crippen LogP contribution is -1.98. The van der Waals surface area contributed by atoms with Gasteiger partial charge in [0.1, 0.15) is 0 Å². The fourth-order valence-electron chi connectivity index (χ4n) is 9.55. The van der Waals surface area contributed by atoms with Crippen LogP contribution in [-0.2, 0) is 25.7 Å². The molecule has 0 radical (unpaired) electrons. The topological polar surface area (TPSA) is 38.7 Å². The van der Waals surface area contributed by atoms with Crippen LogP contribution < -0.4 is 0 Å². The van der Waals surface area contributed by atoms with Crippen LogP contribution in [0.3, 0.4) is 0 Å². The summed E-state index contributed by atoms with van der Waals surface area (Å²) >= 11 is 0. The van der Waals surface area contributed by atoms with Crippen molar-refractivity contribution < 1.29 is 0 Å². The Kier molecular flexibility index (Phi) is 12.9. The van der Waals surface area contributed by atoms with E-state index >= 15 is 0 Å². The van der Waals surface area contributed by atoms with Gasteiger partial charge in [-0.1, -0.05) is 194 Å². The number of hydrogen-bond acceptors (Lipinski definition) is 3. The van der Waals surface area contributed by atoms with Gasteiger partial charge in [0.2, 0.25) is 0 Å². The SMILES string of the molecule is c1ccc(-c2ccc(-c3cc(-c4ccccn4)ccc3-c3cc(-c4ccccc4)ccc3-c3cc(CCc4ccc(-c5ccccn5)cc4)cc(CCc4ccc(-c5ccccn5)cc4)c3)cc2)cc1. The molecule has 0 fully saturated rings. The quantitative estimate of drug-likeness (QED) is 0.109. The third-order valence-corrected chi connectivity index (χ3v) is 13.3. The summed E-state index contributed by atoms with van der Waals surface area (Å²) in [5, 5.41) is 0. The molecule has 334 valence electrons. The van der Waals surface area contributed by atoms with Crippen molar-refractivity contribution in [1.29, 1.82) is 0 Å². The normalized spacial score (nSPS) is 11.1. The van der Waals surface area contributed by atoms with Crippen molar-refractivity contribution in [2.45, 2.75) is 25.7 Å².